The lowest BCUT2D eigenvalue weighted by molar-refractivity contribution is -0.175. The second kappa shape index (κ2) is 11.8. The fraction of sp³-hybridized carbons (Fsp3) is 0.600. The normalized spacial score (nSPS) is 15.5. The highest BCUT2D eigenvalue weighted by atomic mass is 19.4. The molecule has 0 heterocycles. The highest BCUT2D eigenvalue weighted by molar-refractivity contribution is 6.17. The predicted molar refractivity (Wildman–Crippen MR) is 122 cm³/mol. The maximum absolute atomic E-state index is 15.5. The summed E-state index contributed by atoms with van der Waals surface area (Å²) in [6.45, 7) is 7.39. The molecular formula is C25H33F4NO5. The van der Waals surface area contributed by atoms with E-state index in [9.17, 15) is 32.3 Å². The van der Waals surface area contributed by atoms with E-state index < -0.39 is 78.5 Å². The lowest BCUT2D eigenvalue weighted by Crippen LogP contribution is -2.48. The molecule has 3 unspecified atom stereocenters. The van der Waals surface area contributed by atoms with Crippen molar-refractivity contribution in [2.45, 2.75) is 72.6 Å². The molecule has 1 aromatic rings. The largest absolute Gasteiger partial charge is 0.455 e. The number of halogens is 4. The average Bonchev–Trinajstić information content (AvgIpc) is 2.76. The number of nitrogens with zero attached hydrogens (tertiary/aromatic N) is 1. The number of hydrogen-bond donors (Lipinski definition) is 0. The van der Waals surface area contributed by atoms with E-state index in [4.69, 9.17) is 0 Å². The maximum Gasteiger partial charge on any atom is 0.391 e. The molecule has 0 bridgehead atoms. The van der Waals surface area contributed by atoms with Crippen LogP contribution in [0, 0.1) is 17.3 Å². The van der Waals surface area contributed by atoms with Crippen LogP contribution in [0.25, 0.3) is 0 Å². The summed E-state index contributed by atoms with van der Waals surface area (Å²) in [5.41, 5.74) is -3.33. The van der Waals surface area contributed by atoms with E-state index in [-0.39, 0.29) is 5.69 Å². The minimum atomic E-state index is -4.59. The second-order valence-electron chi connectivity index (χ2n) is 9.75. The first-order chi connectivity index (χ1) is 15.9. The summed E-state index contributed by atoms with van der Waals surface area (Å²) < 4.78 is 58.0. The highest BCUT2D eigenvalue weighted by Gasteiger charge is 2.44. The molecule has 0 fully saturated rings. The van der Waals surface area contributed by atoms with Crippen molar-refractivity contribution in [2.75, 3.05) is 11.5 Å². The van der Waals surface area contributed by atoms with Gasteiger partial charge in [0.1, 0.15) is 6.61 Å². The van der Waals surface area contributed by atoms with Gasteiger partial charge in [0.25, 0.3) is 0 Å². The van der Waals surface area contributed by atoms with Crippen LogP contribution in [0.1, 0.15) is 60.8 Å². The maximum atomic E-state index is 15.5. The average molecular weight is 504 g/mol. The smallest absolute Gasteiger partial charge is 0.391 e. The number of amides is 2. The number of rotatable bonds is 10. The Morgan fingerprint density at radius 1 is 0.971 bits per heavy atom. The van der Waals surface area contributed by atoms with Gasteiger partial charge in [0, 0.05) is 24.2 Å². The van der Waals surface area contributed by atoms with Crippen LogP contribution in [-0.2, 0) is 23.9 Å². The van der Waals surface area contributed by atoms with Crippen LogP contribution in [-0.4, -0.2) is 42.0 Å². The van der Waals surface area contributed by atoms with E-state index in [1.54, 1.807) is 51.1 Å². The van der Waals surface area contributed by atoms with E-state index in [2.05, 4.69) is 4.74 Å². The molecule has 0 radical (unpaired) electrons. The third kappa shape index (κ3) is 8.43. The molecule has 2 amide bonds. The first kappa shape index (κ1) is 30.3. The van der Waals surface area contributed by atoms with E-state index in [0.29, 0.717) is 0 Å². The molecule has 0 saturated carbocycles. The number of esters is 1. The fourth-order valence-electron chi connectivity index (χ4n) is 3.21. The van der Waals surface area contributed by atoms with Gasteiger partial charge in [0.2, 0.25) is 17.5 Å². The Kier molecular flexibility index (Phi) is 10.2. The lowest BCUT2D eigenvalue weighted by Gasteiger charge is -2.31. The van der Waals surface area contributed by atoms with Gasteiger partial charge in [0.05, 0.1) is 11.6 Å². The Bertz CT molecular complexity index is 911. The molecule has 0 aliphatic heterocycles. The number of alkyl halides is 4. The van der Waals surface area contributed by atoms with E-state index in [1.807, 2.05) is 0 Å². The number of hydrogen-bond acceptors (Lipinski definition) is 5. The number of ether oxygens (including phenoxy) is 1. The molecule has 10 heteroatoms. The summed E-state index contributed by atoms with van der Waals surface area (Å²) in [4.78, 5) is 51.4. The van der Waals surface area contributed by atoms with Crippen LogP contribution >= 0.6 is 0 Å². The molecule has 1 aromatic carbocycles. The first-order valence-electron chi connectivity index (χ1n) is 11.3. The standard InChI is InChI=1S/C25H33F4NO5/c1-7-24(26,22(34)35-15-19(31)13-17(3)25(27,28)29)14-16(2)20(32)30(21(33)23(4,5)6)18-11-9-8-10-12-18/h8-12,16-17H,7,13-15H2,1-6H3. The molecule has 3 atom stereocenters. The van der Waals surface area contributed by atoms with Crippen molar-refractivity contribution in [3.05, 3.63) is 30.3 Å². The van der Waals surface area contributed by atoms with Crippen molar-refractivity contribution in [2.24, 2.45) is 17.3 Å². The molecule has 0 aromatic heterocycles. The number of anilines is 1. The van der Waals surface area contributed by atoms with Gasteiger partial charge in [0.15, 0.2) is 5.78 Å². The third-order valence-electron chi connectivity index (χ3n) is 5.51. The SMILES string of the molecule is CCC(F)(CC(C)C(=O)N(C(=O)C(C)(C)C)c1ccccc1)C(=O)OCC(=O)CC(C)C(F)(F)F. The van der Waals surface area contributed by atoms with Crippen LogP contribution in [0.2, 0.25) is 0 Å². The molecule has 35 heavy (non-hydrogen) atoms. The predicted octanol–water partition coefficient (Wildman–Crippen LogP) is 5.44. The summed E-state index contributed by atoms with van der Waals surface area (Å²) in [6, 6.07) is 8.08. The van der Waals surface area contributed by atoms with Crippen LogP contribution in [0.5, 0.6) is 0 Å². The fourth-order valence-corrected chi connectivity index (χ4v) is 3.21. The molecule has 6 nitrogen and oxygen atoms in total. The van der Waals surface area contributed by atoms with Crippen molar-refractivity contribution in [1.29, 1.82) is 0 Å². The Morgan fingerprint density at radius 3 is 1.97 bits per heavy atom. The Hall–Kier alpha value is -2.78. The Labute approximate surface area is 203 Å². The minimum Gasteiger partial charge on any atom is -0.455 e. The zero-order chi connectivity index (χ0) is 27.2. The lowest BCUT2D eigenvalue weighted by atomic mass is 9.88. The van der Waals surface area contributed by atoms with Gasteiger partial charge in [-0.25, -0.2) is 14.1 Å². The Balaban J connectivity index is 2.99. The number of carbonyl (C=O) groups excluding carboxylic acids is 4. The zero-order valence-corrected chi connectivity index (χ0v) is 20.9. The number of Topliss-reactive ketones (excluding diaryl/α,β-unsaturated/α-hetero) is 1. The topological polar surface area (TPSA) is 80.8 Å². The molecule has 0 aliphatic carbocycles. The molecule has 196 valence electrons. The quantitative estimate of drug-likeness (QED) is 0.314. The van der Waals surface area contributed by atoms with Gasteiger partial charge in [-0.3, -0.25) is 14.4 Å². The van der Waals surface area contributed by atoms with Gasteiger partial charge >= 0.3 is 12.1 Å². The molecular weight excluding hydrogens is 470 g/mol. The molecule has 0 saturated heterocycles. The first-order valence-corrected chi connectivity index (χ1v) is 11.3. The number of carbonyl (C=O) groups is 4. The van der Waals surface area contributed by atoms with E-state index >= 15 is 4.39 Å². The van der Waals surface area contributed by atoms with Crippen molar-refractivity contribution < 1.29 is 41.5 Å². The van der Waals surface area contributed by atoms with Crippen LogP contribution in [0.15, 0.2) is 30.3 Å². The summed E-state index contributed by atoms with van der Waals surface area (Å²) >= 11 is 0. The van der Waals surface area contributed by atoms with Crippen molar-refractivity contribution in [3.63, 3.8) is 0 Å². The van der Waals surface area contributed by atoms with E-state index in [1.165, 1.54) is 13.8 Å². The van der Waals surface area contributed by atoms with E-state index in [0.717, 1.165) is 11.8 Å². The molecule has 1 rings (SSSR count). The van der Waals surface area contributed by atoms with Crippen molar-refractivity contribution in [3.8, 4) is 0 Å². The number of ketones is 1. The number of para-hydroxylation sites is 1. The van der Waals surface area contributed by atoms with Gasteiger partial charge in [-0.05, 0) is 18.6 Å². The zero-order valence-electron chi connectivity index (χ0n) is 20.9. The summed E-state index contributed by atoms with van der Waals surface area (Å²) in [6.07, 6.45) is -6.54. The Morgan fingerprint density at radius 2 is 1.51 bits per heavy atom. The molecule has 0 aliphatic rings. The number of imide groups is 1. The monoisotopic (exact) mass is 503 g/mol. The molecule has 0 N–H and O–H groups in total. The minimum absolute atomic E-state index is 0.289. The summed E-state index contributed by atoms with van der Waals surface area (Å²) in [5, 5.41) is 0. The highest BCUT2D eigenvalue weighted by Crippen LogP contribution is 2.32. The van der Waals surface area contributed by atoms with Crippen LogP contribution in [0.4, 0.5) is 23.2 Å². The van der Waals surface area contributed by atoms with Crippen molar-refractivity contribution >= 4 is 29.3 Å². The van der Waals surface area contributed by atoms with Gasteiger partial charge < -0.3 is 4.74 Å². The van der Waals surface area contributed by atoms with Gasteiger partial charge in [-0.1, -0.05) is 59.7 Å². The third-order valence-corrected chi connectivity index (χ3v) is 5.51. The summed E-state index contributed by atoms with van der Waals surface area (Å²) in [5.74, 6) is -6.77. The van der Waals surface area contributed by atoms with Gasteiger partial charge in [-0.15, -0.1) is 0 Å². The second-order valence-corrected chi connectivity index (χ2v) is 9.75. The van der Waals surface area contributed by atoms with Crippen LogP contribution in [0.3, 0.4) is 0 Å². The summed E-state index contributed by atoms with van der Waals surface area (Å²) in [7, 11) is 0. The van der Waals surface area contributed by atoms with Crippen LogP contribution < -0.4 is 4.90 Å². The van der Waals surface area contributed by atoms with Gasteiger partial charge in [-0.2, -0.15) is 13.2 Å². The molecule has 0 spiro atoms. The van der Waals surface area contributed by atoms with Crippen molar-refractivity contribution in [1.82, 2.24) is 0 Å². The number of benzene rings is 1.